The van der Waals surface area contributed by atoms with Gasteiger partial charge in [-0.15, -0.1) is 0 Å². The van der Waals surface area contributed by atoms with Crippen molar-refractivity contribution < 1.29 is 38.4 Å². The van der Waals surface area contributed by atoms with Crippen LogP contribution < -0.4 is 10.6 Å². The molecule has 0 aromatic heterocycles. The number of nitro groups is 2. The molecule has 0 aliphatic rings. The maximum absolute atomic E-state index is 13.2. The summed E-state index contributed by atoms with van der Waals surface area (Å²) >= 11 is 0. The molecular formula is C25H46N4O10. The Morgan fingerprint density at radius 2 is 1.38 bits per heavy atom. The summed E-state index contributed by atoms with van der Waals surface area (Å²) in [5.41, 5.74) is -1.47. The lowest BCUT2D eigenvalue weighted by atomic mass is 9.87. The van der Waals surface area contributed by atoms with Gasteiger partial charge >= 0.3 is 12.1 Å². The van der Waals surface area contributed by atoms with Crippen LogP contribution in [0.5, 0.6) is 0 Å². The smallest absolute Gasteiger partial charge is 0.407 e. The first-order chi connectivity index (χ1) is 17.7. The molecule has 0 fully saturated rings. The minimum atomic E-state index is -0.998. The number of rotatable bonds is 16. The standard InChI is InChI=1S/C25H46N4O10/c1-10-37-21(31)12-18(14-29(35)36)22(16(2)3)27-20(30)11-17(13-28(33)34)19(15-38-24(4,5)6)26-23(32)39-25(7,8)9/h16-19,22H,10-15H2,1-9H3,(H,26,32)(H,27,30)/t17-,18-,19+,22+/m1/s1. The van der Waals surface area contributed by atoms with Crippen molar-refractivity contribution in [3.05, 3.63) is 20.2 Å². The number of hydrogen-bond donors (Lipinski definition) is 2. The molecule has 0 aromatic carbocycles. The van der Waals surface area contributed by atoms with Crippen LogP contribution in [-0.4, -0.2) is 77.4 Å². The number of nitrogens with one attached hydrogen (secondary N) is 2. The van der Waals surface area contributed by atoms with E-state index >= 15 is 0 Å². The molecular weight excluding hydrogens is 516 g/mol. The first kappa shape index (κ1) is 36.0. The van der Waals surface area contributed by atoms with Crippen molar-refractivity contribution in [2.24, 2.45) is 17.8 Å². The summed E-state index contributed by atoms with van der Waals surface area (Å²) in [5.74, 6) is -3.42. The van der Waals surface area contributed by atoms with Gasteiger partial charge in [0.1, 0.15) is 5.60 Å². The molecule has 0 spiro atoms. The van der Waals surface area contributed by atoms with Crippen molar-refractivity contribution in [3.63, 3.8) is 0 Å². The SMILES string of the molecule is CCOC(=O)C[C@H](C[N+](=O)[O-])[C@@H](NC(=O)C[C@H](C[N+](=O)[O-])[C@H](COC(C)(C)C)NC(=O)OC(C)(C)C)C(C)C. The van der Waals surface area contributed by atoms with Crippen molar-refractivity contribution >= 4 is 18.0 Å². The minimum absolute atomic E-state index is 0.105. The number of esters is 1. The van der Waals surface area contributed by atoms with Gasteiger partial charge in [0, 0.05) is 22.3 Å². The number of carbonyl (C=O) groups excluding carboxylic acids is 3. The molecule has 0 bridgehead atoms. The molecule has 0 aliphatic heterocycles. The second-order valence-corrected chi connectivity index (χ2v) is 11.8. The average molecular weight is 563 g/mol. The third-order valence-electron chi connectivity index (χ3n) is 5.47. The van der Waals surface area contributed by atoms with E-state index < -0.39 is 76.0 Å². The summed E-state index contributed by atoms with van der Waals surface area (Å²) < 4.78 is 16.0. The van der Waals surface area contributed by atoms with Crippen LogP contribution in [0.15, 0.2) is 0 Å². The van der Waals surface area contributed by atoms with Crippen LogP contribution in [0, 0.1) is 38.0 Å². The Hall–Kier alpha value is -3.03. The highest BCUT2D eigenvalue weighted by molar-refractivity contribution is 5.77. The van der Waals surface area contributed by atoms with Gasteiger partial charge in [-0.2, -0.15) is 0 Å². The molecule has 226 valence electrons. The molecule has 39 heavy (non-hydrogen) atoms. The van der Waals surface area contributed by atoms with Crippen molar-refractivity contribution in [1.82, 2.24) is 10.6 Å². The van der Waals surface area contributed by atoms with Crippen molar-refractivity contribution in [3.8, 4) is 0 Å². The Bertz CT molecular complexity index is 836. The third-order valence-corrected chi connectivity index (χ3v) is 5.47. The fraction of sp³-hybridized carbons (Fsp3) is 0.880. The number of amides is 2. The molecule has 4 atom stereocenters. The molecule has 0 aliphatic carbocycles. The van der Waals surface area contributed by atoms with Crippen LogP contribution in [0.2, 0.25) is 0 Å². The maximum atomic E-state index is 13.2. The number of hydrogen-bond acceptors (Lipinski definition) is 10. The van der Waals surface area contributed by atoms with Gasteiger partial charge in [0.15, 0.2) is 0 Å². The van der Waals surface area contributed by atoms with Crippen LogP contribution in [0.4, 0.5) is 4.79 Å². The van der Waals surface area contributed by atoms with E-state index in [9.17, 15) is 34.6 Å². The molecule has 0 heterocycles. The van der Waals surface area contributed by atoms with E-state index in [1.165, 1.54) is 0 Å². The monoisotopic (exact) mass is 562 g/mol. The Morgan fingerprint density at radius 1 is 0.846 bits per heavy atom. The van der Waals surface area contributed by atoms with E-state index in [1.807, 2.05) is 0 Å². The van der Waals surface area contributed by atoms with Gasteiger partial charge < -0.3 is 24.8 Å². The summed E-state index contributed by atoms with van der Waals surface area (Å²) in [6, 6.07) is -1.74. The number of nitrogens with zero attached hydrogens (tertiary/aromatic N) is 2. The summed E-state index contributed by atoms with van der Waals surface area (Å²) in [7, 11) is 0. The van der Waals surface area contributed by atoms with Crippen molar-refractivity contribution in [2.75, 3.05) is 26.3 Å². The molecule has 0 saturated carbocycles. The number of carbonyl (C=O) groups is 3. The van der Waals surface area contributed by atoms with Crippen molar-refractivity contribution in [2.45, 2.75) is 98.4 Å². The summed E-state index contributed by atoms with van der Waals surface area (Å²) in [6.07, 6.45) is -1.49. The molecule has 0 unspecified atom stereocenters. The minimum Gasteiger partial charge on any atom is -0.466 e. The maximum Gasteiger partial charge on any atom is 0.407 e. The first-order valence-corrected chi connectivity index (χ1v) is 13.1. The van der Waals surface area contributed by atoms with Gasteiger partial charge in [0.2, 0.25) is 19.0 Å². The fourth-order valence-corrected chi connectivity index (χ4v) is 3.86. The van der Waals surface area contributed by atoms with Crippen LogP contribution in [0.1, 0.15) is 75.2 Å². The summed E-state index contributed by atoms with van der Waals surface area (Å²) in [6.45, 7) is 14.2. The Balaban J connectivity index is 5.97. The topological polar surface area (TPSA) is 189 Å². The predicted octanol–water partition coefficient (Wildman–Crippen LogP) is 2.96. The van der Waals surface area contributed by atoms with E-state index in [1.54, 1.807) is 62.3 Å². The summed E-state index contributed by atoms with van der Waals surface area (Å²) in [4.78, 5) is 59.4. The zero-order chi connectivity index (χ0) is 30.6. The largest absolute Gasteiger partial charge is 0.466 e. The van der Waals surface area contributed by atoms with Gasteiger partial charge in [0.25, 0.3) is 0 Å². The summed E-state index contributed by atoms with van der Waals surface area (Å²) in [5, 5.41) is 28.2. The van der Waals surface area contributed by atoms with E-state index in [4.69, 9.17) is 14.2 Å². The molecule has 2 N–H and O–H groups in total. The number of alkyl carbamates (subject to hydrolysis) is 1. The van der Waals surface area contributed by atoms with Gasteiger partial charge in [-0.05, 0) is 54.4 Å². The number of ether oxygens (including phenoxy) is 3. The third kappa shape index (κ3) is 17.2. The Kier molecular flexibility index (Phi) is 14.9. The van der Waals surface area contributed by atoms with Crippen LogP contribution in [0.3, 0.4) is 0 Å². The predicted molar refractivity (Wildman–Crippen MR) is 142 cm³/mol. The highest BCUT2D eigenvalue weighted by atomic mass is 16.6. The van der Waals surface area contributed by atoms with Crippen LogP contribution >= 0.6 is 0 Å². The lowest BCUT2D eigenvalue weighted by Crippen LogP contribution is -2.51. The molecule has 0 saturated heterocycles. The normalized spacial score (nSPS) is 15.0. The van der Waals surface area contributed by atoms with E-state index in [0.717, 1.165) is 0 Å². The first-order valence-electron chi connectivity index (χ1n) is 13.1. The molecule has 2 amide bonds. The highest BCUT2D eigenvalue weighted by Gasteiger charge is 2.36. The van der Waals surface area contributed by atoms with Gasteiger partial charge in [-0.25, -0.2) is 4.79 Å². The van der Waals surface area contributed by atoms with Crippen LogP contribution in [-0.2, 0) is 23.8 Å². The lowest BCUT2D eigenvalue weighted by Gasteiger charge is -2.31. The second kappa shape index (κ2) is 16.2. The second-order valence-electron chi connectivity index (χ2n) is 11.8. The molecule has 0 radical (unpaired) electrons. The molecule has 14 heteroatoms. The van der Waals surface area contributed by atoms with Gasteiger partial charge in [0.05, 0.1) is 43.1 Å². The fourth-order valence-electron chi connectivity index (χ4n) is 3.86. The Morgan fingerprint density at radius 3 is 1.82 bits per heavy atom. The average Bonchev–Trinajstić information content (AvgIpc) is 2.71. The molecule has 0 aromatic rings. The van der Waals surface area contributed by atoms with E-state index in [0.29, 0.717) is 0 Å². The van der Waals surface area contributed by atoms with E-state index in [-0.39, 0.29) is 32.0 Å². The quantitative estimate of drug-likeness (QED) is 0.161. The van der Waals surface area contributed by atoms with Gasteiger partial charge in [-0.3, -0.25) is 29.8 Å². The van der Waals surface area contributed by atoms with Crippen LogP contribution in [0.25, 0.3) is 0 Å². The van der Waals surface area contributed by atoms with Crippen molar-refractivity contribution in [1.29, 1.82) is 0 Å². The van der Waals surface area contributed by atoms with E-state index in [2.05, 4.69) is 10.6 Å². The molecule has 0 rings (SSSR count). The zero-order valence-corrected chi connectivity index (χ0v) is 24.6. The van der Waals surface area contributed by atoms with Gasteiger partial charge in [-0.1, -0.05) is 13.8 Å². The molecule has 14 nitrogen and oxygen atoms in total. The highest BCUT2D eigenvalue weighted by Crippen LogP contribution is 2.21. The zero-order valence-electron chi connectivity index (χ0n) is 24.6. The Labute approximate surface area is 230 Å². The lowest BCUT2D eigenvalue weighted by molar-refractivity contribution is -0.489.